The van der Waals surface area contributed by atoms with E-state index in [4.69, 9.17) is 4.74 Å². The molecule has 0 N–H and O–H groups in total. The Kier molecular flexibility index (Phi) is 2.06. The molecule has 2 atom stereocenters. The lowest BCUT2D eigenvalue weighted by molar-refractivity contribution is 0.00392. The average Bonchev–Trinajstić information content (AvgIpc) is 2.80. The summed E-state index contributed by atoms with van der Waals surface area (Å²) in [6.07, 6.45) is 9.18. The molecule has 3 aliphatic rings. The fourth-order valence-corrected chi connectivity index (χ4v) is 3.29. The van der Waals surface area contributed by atoms with Gasteiger partial charge in [0.05, 0.1) is 12.7 Å². The van der Waals surface area contributed by atoms with Gasteiger partial charge in [0.2, 0.25) is 0 Å². The summed E-state index contributed by atoms with van der Waals surface area (Å²) >= 11 is 0. The number of likely N-dealkylation sites (tertiary alicyclic amines) is 1. The van der Waals surface area contributed by atoms with Gasteiger partial charge in [0.15, 0.2) is 0 Å². The van der Waals surface area contributed by atoms with Gasteiger partial charge in [-0.15, -0.1) is 0 Å². The Morgan fingerprint density at radius 3 is 2.46 bits per heavy atom. The third-order valence-electron chi connectivity index (χ3n) is 3.99. The topological polar surface area (TPSA) is 12.5 Å². The molecule has 2 heteroatoms. The lowest BCUT2D eigenvalue weighted by Crippen LogP contribution is -2.44. The first-order valence-electron chi connectivity index (χ1n) is 5.81. The number of rotatable bonds is 1. The summed E-state index contributed by atoms with van der Waals surface area (Å²) in [7, 11) is 0. The SMILES string of the molecule is C1CCC(N2C[C@@H]3C[C@H]2CO3)CC1. The number of fused-ring (bicyclic) bond motifs is 2. The van der Waals surface area contributed by atoms with Gasteiger partial charge in [-0.3, -0.25) is 4.90 Å². The van der Waals surface area contributed by atoms with Crippen LogP contribution in [0.1, 0.15) is 38.5 Å². The lowest BCUT2D eigenvalue weighted by atomic mass is 9.94. The summed E-state index contributed by atoms with van der Waals surface area (Å²) in [4.78, 5) is 2.74. The molecule has 0 aromatic carbocycles. The maximum absolute atomic E-state index is 5.63. The van der Waals surface area contributed by atoms with Crippen LogP contribution in [-0.4, -0.2) is 36.2 Å². The molecule has 2 saturated heterocycles. The van der Waals surface area contributed by atoms with E-state index in [1.54, 1.807) is 0 Å². The highest BCUT2D eigenvalue weighted by atomic mass is 16.5. The molecule has 1 aliphatic carbocycles. The van der Waals surface area contributed by atoms with Crippen LogP contribution in [0.3, 0.4) is 0 Å². The molecular formula is C11H19NO. The van der Waals surface area contributed by atoms with Crippen LogP contribution in [0.15, 0.2) is 0 Å². The van der Waals surface area contributed by atoms with E-state index in [1.165, 1.54) is 45.1 Å². The van der Waals surface area contributed by atoms with Crippen molar-refractivity contribution in [2.24, 2.45) is 0 Å². The molecule has 0 aromatic rings. The minimum absolute atomic E-state index is 0.590. The first kappa shape index (κ1) is 8.25. The Hall–Kier alpha value is -0.0800. The maximum Gasteiger partial charge on any atom is 0.0718 e. The fraction of sp³-hybridized carbons (Fsp3) is 1.00. The zero-order valence-corrected chi connectivity index (χ0v) is 8.24. The molecule has 0 spiro atoms. The van der Waals surface area contributed by atoms with Gasteiger partial charge in [-0.25, -0.2) is 0 Å². The Morgan fingerprint density at radius 1 is 1.00 bits per heavy atom. The van der Waals surface area contributed by atoms with Crippen molar-refractivity contribution >= 4 is 0 Å². The summed E-state index contributed by atoms with van der Waals surface area (Å²) in [5, 5.41) is 0. The summed E-state index contributed by atoms with van der Waals surface area (Å²) in [6.45, 7) is 2.25. The van der Waals surface area contributed by atoms with Gasteiger partial charge in [0.25, 0.3) is 0 Å². The Labute approximate surface area is 80.2 Å². The largest absolute Gasteiger partial charge is 0.375 e. The molecular weight excluding hydrogens is 162 g/mol. The van der Waals surface area contributed by atoms with Crippen LogP contribution in [0, 0.1) is 0 Å². The van der Waals surface area contributed by atoms with Crippen LogP contribution in [0.2, 0.25) is 0 Å². The predicted octanol–water partition coefficient (Wildman–Crippen LogP) is 1.79. The minimum Gasteiger partial charge on any atom is -0.375 e. The average molecular weight is 181 g/mol. The zero-order chi connectivity index (χ0) is 8.67. The van der Waals surface area contributed by atoms with E-state index in [1.807, 2.05) is 0 Å². The Bertz CT molecular complexity index is 189. The summed E-state index contributed by atoms with van der Waals surface area (Å²) in [5.74, 6) is 0. The molecule has 2 heterocycles. The Balaban J connectivity index is 1.65. The highest BCUT2D eigenvalue weighted by Crippen LogP contribution is 2.34. The quantitative estimate of drug-likeness (QED) is 0.611. The smallest absolute Gasteiger partial charge is 0.0718 e. The number of hydrogen-bond donors (Lipinski definition) is 0. The van der Waals surface area contributed by atoms with Gasteiger partial charge in [-0.2, -0.15) is 0 Å². The summed E-state index contributed by atoms with van der Waals surface area (Å²) in [6, 6.07) is 1.70. The van der Waals surface area contributed by atoms with Crippen LogP contribution in [0.4, 0.5) is 0 Å². The summed E-state index contributed by atoms with van der Waals surface area (Å²) in [5.41, 5.74) is 0. The van der Waals surface area contributed by atoms with E-state index >= 15 is 0 Å². The summed E-state index contributed by atoms with van der Waals surface area (Å²) < 4.78 is 5.63. The van der Waals surface area contributed by atoms with Crippen molar-refractivity contribution in [1.29, 1.82) is 0 Å². The molecule has 13 heavy (non-hydrogen) atoms. The van der Waals surface area contributed by atoms with Crippen molar-refractivity contribution in [3.05, 3.63) is 0 Å². The predicted molar refractivity (Wildman–Crippen MR) is 51.7 cm³/mol. The standard InChI is InChI=1S/C11H19NO/c1-2-4-9(5-3-1)12-7-11-6-10(12)8-13-11/h9-11H,1-8H2/t10-,11-/m0/s1. The second-order valence-electron chi connectivity index (χ2n) is 4.83. The van der Waals surface area contributed by atoms with Gasteiger partial charge in [-0.05, 0) is 19.3 Å². The Morgan fingerprint density at radius 2 is 1.85 bits per heavy atom. The molecule has 3 fully saturated rings. The van der Waals surface area contributed by atoms with Gasteiger partial charge in [-0.1, -0.05) is 19.3 Å². The van der Waals surface area contributed by atoms with Gasteiger partial charge in [0.1, 0.15) is 0 Å². The first-order chi connectivity index (χ1) is 6.43. The molecule has 0 radical (unpaired) electrons. The van der Waals surface area contributed by atoms with Crippen molar-refractivity contribution < 1.29 is 4.74 Å². The second-order valence-corrected chi connectivity index (χ2v) is 4.83. The van der Waals surface area contributed by atoms with Crippen molar-refractivity contribution in [3.63, 3.8) is 0 Å². The number of nitrogens with zero attached hydrogens (tertiary/aromatic N) is 1. The van der Waals surface area contributed by atoms with Crippen molar-refractivity contribution in [2.75, 3.05) is 13.2 Å². The molecule has 2 nitrogen and oxygen atoms in total. The molecule has 74 valence electrons. The molecule has 1 saturated carbocycles. The molecule has 0 aromatic heterocycles. The van der Waals surface area contributed by atoms with E-state index in [0.717, 1.165) is 18.7 Å². The molecule has 0 unspecified atom stereocenters. The first-order valence-corrected chi connectivity index (χ1v) is 5.81. The normalized spacial score (nSPS) is 41.5. The third kappa shape index (κ3) is 1.40. The van der Waals surface area contributed by atoms with E-state index in [-0.39, 0.29) is 0 Å². The second kappa shape index (κ2) is 3.25. The van der Waals surface area contributed by atoms with E-state index in [0.29, 0.717) is 6.10 Å². The van der Waals surface area contributed by atoms with Crippen LogP contribution >= 0.6 is 0 Å². The third-order valence-corrected chi connectivity index (χ3v) is 3.99. The number of ether oxygens (including phenoxy) is 1. The zero-order valence-electron chi connectivity index (χ0n) is 8.24. The van der Waals surface area contributed by atoms with Crippen molar-refractivity contribution in [3.8, 4) is 0 Å². The highest BCUT2D eigenvalue weighted by Gasteiger charge is 2.41. The molecule has 2 bridgehead atoms. The van der Waals surface area contributed by atoms with E-state index < -0.39 is 0 Å². The van der Waals surface area contributed by atoms with Gasteiger partial charge < -0.3 is 4.74 Å². The van der Waals surface area contributed by atoms with Crippen molar-refractivity contribution in [2.45, 2.75) is 56.7 Å². The number of hydrogen-bond acceptors (Lipinski definition) is 2. The maximum atomic E-state index is 5.63. The van der Waals surface area contributed by atoms with Gasteiger partial charge >= 0.3 is 0 Å². The van der Waals surface area contributed by atoms with Crippen LogP contribution in [0.25, 0.3) is 0 Å². The molecule has 0 amide bonds. The van der Waals surface area contributed by atoms with E-state index in [2.05, 4.69) is 4.90 Å². The molecule has 3 rings (SSSR count). The monoisotopic (exact) mass is 181 g/mol. The number of morpholine rings is 1. The van der Waals surface area contributed by atoms with Crippen molar-refractivity contribution in [1.82, 2.24) is 4.90 Å². The van der Waals surface area contributed by atoms with E-state index in [9.17, 15) is 0 Å². The lowest BCUT2D eigenvalue weighted by Gasteiger charge is -2.36. The van der Waals surface area contributed by atoms with Crippen LogP contribution in [0.5, 0.6) is 0 Å². The minimum atomic E-state index is 0.590. The van der Waals surface area contributed by atoms with Gasteiger partial charge in [0, 0.05) is 18.6 Å². The van der Waals surface area contributed by atoms with Crippen LogP contribution < -0.4 is 0 Å². The molecule has 2 aliphatic heterocycles. The highest BCUT2D eigenvalue weighted by molar-refractivity contribution is 4.95. The fourth-order valence-electron chi connectivity index (χ4n) is 3.29. The van der Waals surface area contributed by atoms with Crippen LogP contribution in [-0.2, 0) is 4.74 Å².